The molecule has 0 saturated carbocycles. The summed E-state index contributed by atoms with van der Waals surface area (Å²) in [5.41, 5.74) is 6.47. The summed E-state index contributed by atoms with van der Waals surface area (Å²) in [4.78, 5) is 0. The van der Waals surface area contributed by atoms with Crippen LogP contribution in [0.5, 0.6) is 5.75 Å². The lowest BCUT2D eigenvalue weighted by Gasteiger charge is -2.01. The van der Waals surface area contributed by atoms with E-state index >= 15 is 0 Å². The van der Waals surface area contributed by atoms with Gasteiger partial charge in [-0.15, -0.1) is 0 Å². The van der Waals surface area contributed by atoms with E-state index in [4.69, 9.17) is 14.9 Å². The molecular formula is C12H13NO2. The average molecular weight is 203 g/mol. The van der Waals surface area contributed by atoms with Crippen LogP contribution in [0.2, 0.25) is 0 Å². The zero-order chi connectivity index (χ0) is 10.7. The first-order valence-electron chi connectivity index (χ1n) is 4.76. The highest BCUT2D eigenvalue weighted by Crippen LogP contribution is 2.25. The number of furan rings is 1. The van der Waals surface area contributed by atoms with Crippen LogP contribution in [0.25, 0.3) is 11.3 Å². The van der Waals surface area contributed by atoms with Crippen LogP contribution in [-0.4, -0.2) is 7.11 Å². The Hall–Kier alpha value is -1.74. The summed E-state index contributed by atoms with van der Waals surface area (Å²) in [5, 5.41) is 0. The highest BCUT2D eigenvalue weighted by Gasteiger charge is 2.04. The summed E-state index contributed by atoms with van der Waals surface area (Å²) in [6, 6.07) is 11.5. The van der Waals surface area contributed by atoms with Crippen LogP contribution in [0.1, 0.15) is 5.76 Å². The molecule has 0 fully saturated rings. The number of hydrogen-bond donors (Lipinski definition) is 1. The highest BCUT2D eigenvalue weighted by atomic mass is 16.5. The summed E-state index contributed by atoms with van der Waals surface area (Å²) in [6.45, 7) is 0.421. The van der Waals surface area contributed by atoms with Crippen LogP contribution in [-0.2, 0) is 6.54 Å². The molecule has 0 saturated heterocycles. The van der Waals surface area contributed by atoms with Crippen LogP contribution in [0, 0.1) is 0 Å². The van der Waals surface area contributed by atoms with Crippen molar-refractivity contribution in [3.05, 3.63) is 42.2 Å². The monoisotopic (exact) mass is 203 g/mol. The first kappa shape index (κ1) is 9.80. The number of methoxy groups -OCH3 is 1. The van der Waals surface area contributed by atoms with Gasteiger partial charge in [0.05, 0.1) is 13.7 Å². The number of nitrogens with two attached hydrogens (primary N) is 1. The first-order valence-corrected chi connectivity index (χ1v) is 4.76. The van der Waals surface area contributed by atoms with E-state index in [0.717, 1.165) is 22.8 Å². The van der Waals surface area contributed by atoms with Crippen LogP contribution in [0.3, 0.4) is 0 Å². The van der Waals surface area contributed by atoms with E-state index in [-0.39, 0.29) is 0 Å². The Morgan fingerprint density at radius 2 is 2.13 bits per heavy atom. The first-order chi connectivity index (χ1) is 7.33. The summed E-state index contributed by atoms with van der Waals surface area (Å²) < 4.78 is 10.7. The fraction of sp³-hybridized carbons (Fsp3) is 0.167. The van der Waals surface area contributed by atoms with Gasteiger partial charge >= 0.3 is 0 Å². The van der Waals surface area contributed by atoms with Gasteiger partial charge in [0.25, 0.3) is 0 Å². The minimum atomic E-state index is 0.421. The molecule has 0 aliphatic carbocycles. The lowest BCUT2D eigenvalue weighted by molar-refractivity contribution is 0.414. The maximum Gasteiger partial charge on any atom is 0.134 e. The second-order valence-electron chi connectivity index (χ2n) is 3.20. The molecule has 0 unspecified atom stereocenters. The predicted octanol–water partition coefficient (Wildman–Crippen LogP) is 2.41. The van der Waals surface area contributed by atoms with Gasteiger partial charge in [0.1, 0.15) is 17.3 Å². The number of rotatable bonds is 3. The van der Waals surface area contributed by atoms with Crippen LogP contribution >= 0.6 is 0 Å². The lowest BCUT2D eigenvalue weighted by Crippen LogP contribution is -1.92. The molecule has 1 aromatic heterocycles. The second-order valence-corrected chi connectivity index (χ2v) is 3.20. The van der Waals surface area contributed by atoms with Crippen molar-refractivity contribution in [2.24, 2.45) is 5.73 Å². The molecule has 2 aromatic rings. The van der Waals surface area contributed by atoms with E-state index in [0.29, 0.717) is 6.54 Å². The molecule has 0 amide bonds. The Kier molecular flexibility index (Phi) is 2.74. The maximum atomic E-state index is 5.54. The van der Waals surface area contributed by atoms with Gasteiger partial charge in [0.15, 0.2) is 0 Å². The zero-order valence-corrected chi connectivity index (χ0v) is 8.57. The van der Waals surface area contributed by atoms with E-state index in [1.165, 1.54) is 0 Å². The van der Waals surface area contributed by atoms with Crippen molar-refractivity contribution in [1.82, 2.24) is 0 Å². The quantitative estimate of drug-likeness (QED) is 0.833. The third-order valence-electron chi connectivity index (χ3n) is 2.22. The number of hydrogen-bond acceptors (Lipinski definition) is 3. The molecule has 3 nitrogen and oxygen atoms in total. The predicted molar refractivity (Wildman–Crippen MR) is 58.6 cm³/mol. The minimum Gasteiger partial charge on any atom is -0.497 e. The molecule has 1 heterocycles. The van der Waals surface area contributed by atoms with E-state index in [1.54, 1.807) is 7.11 Å². The molecule has 15 heavy (non-hydrogen) atoms. The van der Waals surface area contributed by atoms with Crippen molar-refractivity contribution in [2.75, 3.05) is 7.11 Å². The van der Waals surface area contributed by atoms with Gasteiger partial charge in [0, 0.05) is 5.56 Å². The largest absolute Gasteiger partial charge is 0.497 e. The fourth-order valence-corrected chi connectivity index (χ4v) is 1.42. The zero-order valence-electron chi connectivity index (χ0n) is 8.57. The van der Waals surface area contributed by atoms with Crippen LogP contribution in [0.15, 0.2) is 40.8 Å². The SMILES string of the molecule is COc1cccc(-c2ccc(CN)o2)c1. The highest BCUT2D eigenvalue weighted by molar-refractivity contribution is 5.59. The Bertz CT molecular complexity index is 448. The maximum absolute atomic E-state index is 5.54. The van der Waals surface area contributed by atoms with Gasteiger partial charge in [-0.05, 0) is 24.3 Å². The Morgan fingerprint density at radius 3 is 2.80 bits per heavy atom. The molecule has 2 rings (SSSR count). The normalized spacial score (nSPS) is 10.3. The van der Waals surface area contributed by atoms with Gasteiger partial charge in [-0.3, -0.25) is 0 Å². The van der Waals surface area contributed by atoms with Crippen LogP contribution in [0.4, 0.5) is 0 Å². The Labute approximate surface area is 88.5 Å². The van der Waals surface area contributed by atoms with Crippen molar-refractivity contribution in [3.63, 3.8) is 0 Å². The van der Waals surface area contributed by atoms with E-state index < -0.39 is 0 Å². The van der Waals surface area contributed by atoms with E-state index in [9.17, 15) is 0 Å². The smallest absolute Gasteiger partial charge is 0.134 e. The molecular weight excluding hydrogens is 190 g/mol. The molecule has 2 N–H and O–H groups in total. The summed E-state index contributed by atoms with van der Waals surface area (Å²) in [7, 11) is 1.65. The van der Waals surface area contributed by atoms with Crippen molar-refractivity contribution in [1.29, 1.82) is 0 Å². The molecule has 0 radical (unpaired) electrons. The Balaban J connectivity index is 2.35. The molecule has 78 valence electrons. The third kappa shape index (κ3) is 2.02. The fourth-order valence-electron chi connectivity index (χ4n) is 1.42. The molecule has 0 aliphatic rings. The molecule has 0 atom stereocenters. The van der Waals surface area contributed by atoms with Gasteiger partial charge in [-0.1, -0.05) is 12.1 Å². The van der Waals surface area contributed by atoms with Gasteiger partial charge in [-0.2, -0.15) is 0 Å². The van der Waals surface area contributed by atoms with Crippen molar-refractivity contribution in [3.8, 4) is 17.1 Å². The van der Waals surface area contributed by atoms with Gasteiger partial charge in [0.2, 0.25) is 0 Å². The van der Waals surface area contributed by atoms with Crippen molar-refractivity contribution >= 4 is 0 Å². The van der Waals surface area contributed by atoms with E-state index in [1.807, 2.05) is 36.4 Å². The minimum absolute atomic E-state index is 0.421. The van der Waals surface area contributed by atoms with Gasteiger partial charge < -0.3 is 14.9 Å². The van der Waals surface area contributed by atoms with Crippen LogP contribution < -0.4 is 10.5 Å². The molecule has 0 bridgehead atoms. The average Bonchev–Trinajstić information content (AvgIpc) is 2.78. The molecule has 1 aromatic carbocycles. The summed E-state index contributed by atoms with van der Waals surface area (Å²) >= 11 is 0. The molecule has 3 heteroatoms. The Morgan fingerprint density at radius 1 is 1.27 bits per heavy atom. The van der Waals surface area contributed by atoms with E-state index in [2.05, 4.69) is 0 Å². The molecule has 0 aliphatic heterocycles. The number of benzene rings is 1. The van der Waals surface area contributed by atoms with Crippen molar-refractivity contribution < 1.29 is 9.15 Å². The summed E-state index contributed by atoms with van der Waals surface area (Å²) in [6.07, 6.45) is 0. The van der Waals surface area contributed by atoms with Crippen molar-refractivity contribution in [2.45, 2.75) is 6.54 Å². The number of ether oxygens (including phenoxy) is 1. The summed E-state index contributed by atoms with van der Waals surface area (Å²) in [5.74, 6) is 2.42. The second kappa shape index (κ2) is 4.19. The topological polar surface area (TPSA) is 48.4 Å². The third-order valence-corrected chi connectivity index (χ3v) is 2.22. The molecule has 0 spiro atoms. The van der Waals surface area contributed by atoms with Gasteiger partial charge in [-0.25, -0.2) is 0 Å². The lowest BCUT2D eigenvalue weighted by atomic mass is 10.2. The standard InChI is InChI=1S/C12H13NO2/c1-14-10-4-2-3-9(7-10)12-6-5-11(8-13)15-12/h2-7H,8,13H2,1H3.